The molecular formula is C21H19F3N2OS. The van der Waals surface area contributed by atoms with E-state index >= 15 is 0 Å². The predicted molar refractivity (Wildman–Crippen MR) is 104 cm³/mol. The standard InChI is InChI=1S/C21H19F3N2OS/c22-15-7-5-14(6-8-15)19-13-28-21(26(19)17-3-1-2-4-17)25-16-9-11-18(12-10-16)27-20(23)24/h5-13,17,20H,1-4H2. The zero-order valence-corrected chi connectivity index (χ0v) is 15.8. The second-order valence-corrected chi connectivity index (χ2v) is 7.54. The largest absolute Gasteiger partial charge is 0.435 e. The zero-order valence-electron chi connectivity index (χ0n) is 15.0. The lowest BCUT2D eigenvalue weighted by molar-refractivity contribution is -0.0498. The van der Waals surface area contributed by atoms with Crippen LogP contribution < -0.4 is 9.54 Å². The molecule has 4 rings (SSSR count). The molecule has 1 heterocycles. The molecule has 0 N–H and O–H groups in total. The Labute approximate surface area is 164 Å². The van der Waals surface area contributed by atoms with Crippen molar-refractivity contribution in [1.29, 1.82) is 0 Å². The molecule has 0 saturated heterocycles. The van der Waals surface area contributed by atoms with Crippen molar-refractivity contribution in [2.75, 3.05) is 0 Å². The Kier molecular flexibility index (Phi) is 5.52. The second-order valence-electron chi connectivity index (χ2n) is 6.70. The number of rotatable bonds is 5. The fourth-order valence-corrected chi connectivity index (χ4v) is 4.55. The number of nitrogens with zero attached hydrogens (tertiary/aromatic N) is 2. The second kappa shape index (κ2) is 8.22. The summed E-state index contributed by atoms with van der Waals surface area (Å²) in [6.07, 6.45) is 4.52. The van der Waals surface area contributed by atoms with Crippen molar-refractivity contribution in [1.82, 2.24) is 4.57 Å². The SMILES string of the molecule is Fc1ccc(-c2csc(=Nc3ccc(OC(F)F)cc3)n2C2CCCC2)cc1. The van der Waals surface area contributed by atoms with Crippen molar-refractivity contribution < 1.29 is 17.9 Å². The van der Waals surface area contributed by atoms with Crippen LogP contribution in [0.3, 0.4) is 0 Å². The summed E-state index contributed by atoms with van der Waals surface area (Å²) in [5, 5.41) is 2.04. The molecule has 0 bridgehead atoms. The first-order valence-electron chi connectivity index (χ1n) is 9.16. The van der Waals surface area contributed by atoms with Gasteiger partial charge in [0.1, 0.15) is 11.6 Å². The highest BCUT2D eigenvalue weighted by atomic mass is 32.1. The fraction of sp³-hybridized carbons (Fsp3) is 0.286. The first kappa shape index (κ1) is 18.8. The van der Waals surface area contributed by atoms with Crippen LogP contribution >= 0.6 is 11.3 Å². The minimum Gasteiger partial charge on any atom is -0.435 e. The smallest absolute Gasteiger partial charge is 0.387 e. The minimum absolute atomic E-state index is 0.107. The maximum Gasteiger partial charge on any atom is 0.387 e. The van der Waals surface area contributed by atoms with Gasteiger partial charge in [-0.25, -0.2) is 9.38 Å². The van der Waals surface area contributed by atoms with Crippen LogP contribution in [0, 0.1) is 5.82 Å². The van der Waals surface area contributed by atoms with E-state index in [-0.39, 0.29) is 11.6 Å². The number of halogens is 3. The highest BCUT2D eigenvalue weighted by Crippen LogP contribution is 2.33. The van der Waals surface area contributed by atoms with Gasteiger partial charge in [0.15, 0.2) is 4.80 Å². The molecule has 0 atom stereocenters. The molecular weight excluding hydrogens is 385 g/mol. The quantitative estimate of drug-likeness (QED) is 0.490. The molecule has 0 spiro atoms. The Balaban J connectivity index is 1.74. The minimum atomic E-state index is -2.84. The predicted octanol–water partition coefficient (Wildman–Crippen LogP) is 6.30. The van der Waals surface area contributed by atoms with E-state index in [9.17, 15) is 13.2 Å². The Bertz CT molecular complexity index is 988. The third-order valence-corrected chi connectivity index (χ3v) is 5.70. The van der Waals surface area contributed by atoms with Gasteiger partial charge in [-0.3, -0.25) is 0 Å². The zero-order chi connectivity index (χ0) is 19.5. The van der Waals surface area contributed by atoms with Crippen molar-refractivity contribution in [3.05, 3.63) is 64.5 Å². The monoisotopic (exact) mass is 404 g/mol. The van der Waals surface area contributed by atoms with Gasteiger partial charge in [0.05, 0.1) is 11.4 Å². The van der Waals surface area contributed by atoms with Crippen molar-refractivity contribution in [3.63, 3.8) is 0 Å². The van der Waals surface area contributed by atoms with E-state index in [1.54, 1.807) is 24.3 Å². The molecule has 1 aliphatic rings. The van der Waals surface area contributed by atoms with Gasteiger partial charge in [-0.1, -0.05) is 12.8 Å². The van der Waals surface area contributed by atoms with Crippen molar-refractivity contribution >= 4 is 17.0 Å². The van der Waals surface area contributed by atoms with Crippen LogP contribution in [-0.2, 0) is 0 Å². The molecule has 7 heteroatoms. The number of hydrogen-bond donors (Lipinski definition) is 0. The lowest BCUT2D eigenvalue weighted by atomic mass is 10.1. The molecule has 1 saturated carbocycles. The van der Waals surface area contributed by atoms with Crippen LogP contribution in [0.25, 0.3) is 11.3 Å². The van der Waals surface area contributed by atoms with Crippen LogP contribution in [0.5, 0.6) is 5.75 Å². The Morgan fingerprint density at radius 1 is 1.00 bits per heavy atom. The molecule has 3 aromatic rings. The average molecular weight is 404 g/mol. The molecule has 3 nitrogen and oxygen atoms in total. The summed E-state index contributed by atoms with van der Waals surface area (Å²) in [5.41, 5.74) is 2.64. The first-order chi connectivity index (χ1) is 13.6. The molecule has 1 aromatic heterocycles. The maximum atomic E-state index is 13.3. The van der Waals surface area contributed by atoms with Gasteiger partial charge >= 0.3 is 6.61 Å². The highest BCUT2D eigenvalue weighted by Gasteiger charge is 2.21. The first-order valence-corrected chi connectivity index (χ1v) is 10.0. The van der Waals surface area contributed by atoms with E-state index in [1.807, 2.05) is 5.38 Å². The van der Waals surface area contributed by atoms with Gasteiger partial charge in [-0.2, -0.15) is 8.78 Å². The third-order valence-electron chi connectivity index (χ3n) is 4.86. The average Bonchev–Trinajstić information content (AvgIpc) is 3.33. The van der Waals surface area contributed by atoms with Gasteiger partial charge in [0.2, 0.25) is 0 Å². The summed E-state index contributed by atoms with van der Waals surface area (Å²) in [6.45, 7) is -2.84. The summed E-state index contributed by atoms with van der Waals surface area (Å²) >= 11 is 1.52. The molecule has 0 radical (unpaired) electrons. The topological polar surface area (TPSA) is 26.5 Å². The fourth-order valence-electron chi connectivity index (χ4n) is 3.56. The number of alkyl halides is 2. The number of ether oxygens (including phenoxy) is 1. The van der Waals surface area contributed by atoms with Crippen LogP contribution in [-0.4, -0.2) is 11.2 Å². The van der Waals surface area contributed by atoms with Crippen LogP contribution in [0.1, 0.15) is 31.7 Å². The summed E-state index contributed by atoms with van der Waals surface area (Å²) < 4.78 is 44.6. The Hall–Kier alpha value is -2.54. The Morgan fingerprint density at radius 2 is 1.68 bits per heavy atom. The lowest BCUT2D eigenvalue weighted by Gasteiger charge is -2.16. The number of hydrogen-bond acceptors (Lipinski definition) is 3. The third kappa shape index (κ3) is 4.14. The normalized spacial score (nSPS) is 15.5. The van der Waals surface area contributed by atoms with Gasteiger partial charge < -0.3 is 9.30 Å². The van der Waals surface area contributed by atoms with Gasteiger partial charge in [0, 0.05) is 11.4 Å². The van der Waals surface area contributed by atoms with Crippen LogP contribution in [0.15, 0.2) is 58.9 Å². The maximum absolute atomic E-state index is 13.3. The van der Waals surface area contributed by atoms with E-state index in [4.69, 9.17) is 4.99 Å². The molecule has 1 aliphatic carbocycles. The Morgan fingerprint density at radius 3 is 2.32 bits per heavy atom. The van der Waals surface area contributed by atoms with Crippen molar-refractivity contribution in [2.24, 2.45) is 4.99 Å². The van der Waals surface area contributed by atoms with E-state index in [1.165, 1.54) is 48.4 Å². The van der Waals surface area contributed by atoms with Crippen LogP contribution in [0.2, 0.25) is 0 Å². The van der Waals surface area contributed by atoms with E-state index in [2.05, 4.69) is 9.30 Å². The molecule has 0 aliphatic heterocycles. The van der Waals surface area contributed by atoms with Crippen molar-refractivity contribution in [3.8, 4) is 17.0 Å². The lowest BCUT2D eigenvalue weighted by Crippen LogP contribution is -2.19. The van der Waals surface area contributed by atoms with E-state index < -0.39 is 6.61 Å². The number of thiazole rings is 1. The number of aromatic nitrogens is 1. The van der Waals surface area contributed by atoms with Gasteiger partial charge in [-0.15, -0.1) is 11.3 Å². The summed E-state index contributed by atoms with van der Waals surface area (Å²) in [5.74, 6) is -0.154. The molecule has 0 amide bonds. The van der Waals surface area contributed by atoms with Gasteiger partial charge in [0.25, 0.3) is 0 Å². The molecule has 28 heavy (non-hydrogen) atoms. The summed E-state index contributed by atoms with van der Waals surface area (Å²) in [4.78, 5) is 5.58. The molecule has 1 fully saturated rings. The molecule has 2 aromatic carbocycles. The molecule has 146 valence electrons. The molecule has 0 unspecified atom stereocenters. The van der Waals surface area contributed by atoms with Crippen molar-refractivity contribution in [2.45, 2.75) is 38.3 Å². The summed E-state index contributed by atoms with van der Waals surface area (Å²) in [6, 6.07) is 13.1. The number of benzene rings is 2. The van der Waals surface area contributed by atoms with Crippen LogP contribution in [0.4, 0.5) is 18.9 Å². The van der Waals surface area contributed by atoms with E-state index in [0.717, 1.165) is 28.9 Å². The van der Waals surface area contributed by atoms with E-state index in [0.29, 0.717) is 11.7 Å². The highest BCUT2D eigenvalue weighted by molar-refractivity contribution is 7.07. The summed E-state index contributed by atoms with van der Waals surface area (Å²) in [7, 11) is 0. The van der Waals surface area contributed by atoms with Gasteiger partial charge in [-0.05, 0) is 66.9 Å².